The first kappa shape index (κ1) is 14.3. The van der Waals surface area contributed by atoms with E-state index in [4.69, 9.17) is 0 Å². The second-order valence-electron chi connectivity index (χ2n) is 5.02. The smallest absolute Gasteiger partial charge is 0.0300 e. The quantitative estimate of drug-likeness (QED) is 0.820. The van der Waals surface area contributed by atoms with Gasteiger partial charge in [0.2, 0.25) is 0 Å². The third-order valence-corrected chi connectivity index (χ3v) is 4.05. The molecule has 0 aromatic heterocycles. The molecule has 0 aliphatic carbocycles. The molecule has 0 spiro atoms. The largest absolute Gasteiger partial charge is 0.304 e. The van der Waals surface area contributed by atoms with E-state index in [0.717, 1.165) is 4.47 Å². The molecule has 0 amide bonds. The zero-order valence-corrected chi connectivity index (χ0v) is 13.2. The summed E-state index contributed by atoms with van der Waals surface area (Å²) in [5, 5.41) is 3.66. The minimum absolute atomic E-state index is 0.336. The first-order valence-electron chi connectivity index (χ1n) is 6.65. The zero-order chi connectivity index (χ0) is 13.8. The number of aryl methyl sites for hydroxylation is 1. The van der Waals surface area contributed by atoms with Gasteiger partial charge < -0.3 is 5.32 Å². The van der Waals surface area contributed by atoms with E-state index in [-0.39, 0.29) is 0 Å². The second-order valence-corrected chi connectivity index (χ2v) is 5.93. The maximum Gasteiger partial charge on any atom is 0.0300 e. The number of hydrogen-bond donors (Lipinski definition) is 1. The molecule has 0 saturated carbocycles. The van der Waals surface area contributed by atoms with E-state index in [2.05, 4.69) is 90.5 Å². The minimum Gasteiger partial charge on any atom is -0.304 e. The van der Waals surface area contributed by atoms with Crippen LogP contribution in [-0.2, 0) is 0 Å². The van der Waals surface area contributed by atoms with Crippen molar-refractivity contribution >= 4 is 15.9 Å². The van der Waals surface area contributed by atoms with Crippen molar-refractivity contribution < 1.29 is 0 Å². The van der Waals surface area contributed by atoms with Crippen LogP contribution in [0.15, 0.2) is 53.0 Å². The molecule has 19 heavy (non-hydrogen) atoms. The fourth-order valence-corrected chi connectivity index (χ4v) is 2.65. The molecule has 2 atom stereocenters. The van der Waals surface area contributed by atoms with E-state index >= 15 is 0 Å². The van der Waals surface area contributed by atoms with Crippen molar-refractivity contribution in [2.24, 2.45) is 0 Å². The Morgan fingerprint density at radius 3 is 2.16 bits per heavy atom. The average Bonchev–Trinajstić information content (AvgIpc) is 2.39. The van der Waals surface area contributed by atoms with Crippen LogP contribution in [0.3, 0.4) is 0 Å². The van der Waals surface area contributed by atoms with Crippen LogP contribution in [0.5, 0.6) is 0 Å². The number of halogens is 1. The summed E-state index contributed by atoms with van der Waals surface area (Å²) in [5.74, 6) is 0. The first-order valence-corrected chi connectivity index (χ1v) is 7.44. The lowest BCUT2D eigenvalue weighted by Crippen LogP contribution is -2.23. The molecule has 0 fully saturated rings. The molecular weight excluding hydrogens is 298 g/mol. The summed E-state index contributed by atoms with van der Waals surface area (Å²) in [6.45, 7) is 6.59. The average molecular weight is 318 g/mol. The van der Waals surface area contributed by atoms with E-state index in [1.165, 1.54) is 16.7 Å². The third kappa shape index (κ3) is 3.68. The van der Waals surface area contributed by atoms with Gasteiger partial charge in [0, 0.05) is 16.6 Å². The Bertz CT molecular complexity index is 533. The number of nitrogens with one attached hydrogen (secondary N) is 1. The Balaban J connectivity index is 2.08. The lowest BCUT2D eigenvalue weighted by molar-refractivity contribution is 0.493. The summed E-state index contributed by atoms with van der Waals surface area (Å²) in [4.78, 5) is 0. The zero-order valence-electron chi connectivity index (χ0n) is 11.7. The molecule has 1 N–H and O–H groups in total. The van der Waals surface area contributed by atoms with E-state index < -0.39 is 0 Å². The van der Waals surface area contributed by atoms with Gasteiger partial charge >= 0.3 is 0 Å². The Morgan fingerprint density at radius 1 is 0.895 bits per heavy atom. The SMILES string of the molecule is Cc1ccccc1C(C)N[C@@H](C)c1ccc(Br)cc1. The lowest BCUT2D eigenvalue weighted by atomic mass is 10.0. The van der Waals surface area contributed by atoms with E-state index in [1.807, 2.05) is 0 Å². The van der Waals surface area contributed by atoms with Crippen LogP contribution in [0.25, 0.3) is 0 Å². The number of hydrogen-bond acceptors (Lipinski definition) is 1. The summed E-state index contributed by atoms with van der Waals surface area (Å²) in [6, 6.07) is 17.7. The Labute approximate surface area is 124 Å². The van der Waals surface area contributed by atoms with E-state index in [0.29, 0.717) is 12.1 Å². The van der Waals surface area contributed by atoms with Gasteiger partial charge in [0.1, 0.15) is 0 Å². The highest BCUT2D eigenvalue weighted by Gasteiger charge is 2.12. The van der Waals surface area contributed by atoms with Gasteiger partial charge in [-0.1, -0.05) is 52.3 Å². The monoisotopic (exact) mass is 317 g/mol. The first-order chi connectivity index (χ1) is 9.08. The molecule has 0 saturated heterocycles. The molecule has 2 aromatic rings. The maximum absolute atomic E-state index is 3.66. The molecule has 1 unspecified atom stereocenters. The Kier molecular flexibility index (Phi) is 4.78. The van der Waals surface area contributed by atoms with Gasteiger partial charge in [0.25, 0.3) is 0 Å². The predicted molar refractivity (Wildman–Crippen MR) is 85.3 cm³/mol. The molecule has 2 aromatic carbocycles. The van der Waals surface area contributed by atoms with Crippen LogP contribution in [0.4, 0.5) is 0 Å². The molecule has 100 valence electrons. The number of benzene rings is 2. The fraction of sp³-hybridized carbons (Fsp3) is 0.294. The summed E-state index contributed by atoms with van der Waals surface area (Å²) in [5.41, 5.74) is 4.01. The van der Waals surface area contributed by atoms with Gasteiger partial charge in [-0.15, -0.1) is 0 Å². The van der Waals surface area contributed by atoms with Crippen molar-refractivity contribution in [2.75, 3.05) is 0 Å². The summed E-state index contributed by atoms with van der Waals surface area (Å²) >= 11 is 3.47. The van der Waals surface area contributed by atoms with Crippen molar-refractivity contribution in [3.8, 4) is 0 Å². The van der Waals surface area contributed by atoms with Crippen molar-refractivity contribution in [1.82, 2.24) is 5.32 Å². The van der Waals surface area contributed by atoms with Gasteiger partial charge in [-0.3, -0.25) is 0 Å². The van der Waals surface area contributed by atoms with Crippen LogP contribution < -0.4 is 5.32 Å². The highest BCUT2D eigenvalue weighted by molar-refractivity contribution is 9.10. The Hall–Kier alpha value is -1.12. The Morgan fingerprint density at radius 2 is 1.53 bits per heavy atom. The van der Waals surface area contributed by atoms with Crippen molar-refractivity contribution in [3.05, 3.63) is 69.7 Å². The summed E-state index contributed by atoms with van der Waals surface area (Å²) in [6.07, 6.45) is 0. The van der Waals surface area contributed by atoms with Crippen LogP contribution in [0.2, 0.25) is 0 Å². The van der Waals surface area contributed by atoms with Crippen molar-refractivity contribution in [1.29, 1.82) is 0 Å². The van der Waals surface area contributed by atoms with Crippen LogP contribution in [-0.4, -0.2) is 0 Å². The van der Waals surface area contributed by atoms with Gasteiger partial charge in [-0.2, -0.15) is 0 Å². The van der Waals surface area contributed by atoms with E-state index in [1.54, 1.807) is 0 Å². The normalized spacial score (nSPS) is 14.1. The minimum atomic E-state index is 0.336. The molecule has 1 nitrogen and oxygen atoms in total. The highest BCUT2D eigenvalue weighted by atomic mass is 79.9. The second kappa shape index (κ2) is 6.36. The fourth-order valence-electron chi connectivity index (χ4n) is 2.39. The molecule has 0 heterocycles. The third-order valence-electron chi connectivity index (χ3n) is 3.52. The standard InChI is InChI=1S/C17H20BrN/c1-12-6-4-5-7-17(12)14(3)19-13(2)15-8-10-16(18)11-9-15/h4-11,13-14,19H,1-3H3/t13-,14?/m0/s1. The van der Waals surface area contributed by atoms with E-state index in [9.17, 15) is 0 Å². The summed E-state index contributed by atoms with van der Waals surface area (Å²) in [7, 11) is 0. The molecule has 0 bridgehead atoms. The predicted octanol–water partition coefficient (Wildman–Crippen LogP) is 5.17. The van der Waals surface area contributed by atoms with Crippen LogP contribution in [0, 0.1) is 6.92 Å². The van der Waals surface area contributed by atoms with Gasteiger partial charge in [0.05, 0.1) is 0 Å². The topological polar surface area (TPSA) is 12.0 Å². The van der Waals surface area contributed by atoms with Crippen LogP contribution >= 0.6 is 15.9 Å². The van der Waals surface area contributed by atoms with Crippen molar-refractivity contribution in [3.63, 3.8) is 0 Å². The summed E-state index contributed by atoms with van der Waals surface area (Å²) < 4.78 is 1.12. The molecular formula is C17H20BrN. The van der Waals surface area contributed by atoms with Crippen LogP contribution in [0.1, 0.15) is 42.6 Å². The van der Waals surface area contributed by atoms with Gasteiger partial charge in [-0.25, -0.2) is 0 Å². The number of rotatable bonds is 4. The van der Waals surface area contributed by atoms with Crippen molar-refractivity contribution in [2.45, 2.75) is 32.9 Å². The molecule has 0 radical (unpaired) electrons. The lowest BCUT2D eigenvalue weighted by Gasteiger charge is -2.22. The molecule has 0 aliphatic rings. The van der Waals surface area contributed by atoms with Gasteiger partial charge in [-0.05, 0) is 49.6 Å². The molecule has 2 rings (SSSR count). The highest BCUT2D eigenvalue weighted by Crippen LogP contribution is 2.22. The molecule has 0 aliphatic heterocycles. The van der Waals surface area contributed by atoms with Gasteiger partial charge in [0.15, 0.2) is 0 Å². The maximum atomic E-state index is 3.66. The molecule has 2 heteroatoms.